The number of aromatic nitrogens is 2. The third kappa shape index (κ3) is 2.44. The third-order valence-electron chi connectivity index (χ3n) is 2.77. The Balaban J connectivity index is 2.22. The van der Waals surface area contributed by atoms with E-state index in [-0.39, 0.29) is 11.7 Å². The van der Waals surface area contributed by atoms with Gasteiger partial charge in [-0.3, -0.25) is 4.79 Å². The van der Waals surface area contributed by atoms with Gasteiger partial charge in [0.2, 0.25) is 5.91 Å². The van der Waals surface area contributed by atoms with Crippen molar-refractivity contribution in [3.8, 4) is 0 Å². The Morgan fingerprint density at radius 3 is 3.00 bits per heavy atom. The van der Waals surface area contributed by atoms with Gasteiger partial charge in [0.15, 0.2) is 0 Å². The average molecular weight is 249 g/mol. The fraction of sp³-hybridized carbons (Fsp3) is 0.333. The minimum atomic E-state index is 0.0226. The molecule has 0 aliphatic rings. The van der Waals surface area contributed by atoms with Crippen molar-refractivity contribution in [3.63, 3.8) is 0 Å². The summed E-state index contributed by atoms with van der Waals surface area (Å²) in [5, 5.41) is 0. The van der Waals surface area contributed by atoms with E-state index in [4.69, 9.17) is 0 Å². The highest BCUT2D eigenvalue weighted by Gasteiger charge is 2.08. The summed E-state index contributed by atoms with van der Waals surface area (Å²) in [6, 6.07) is 6.06. The average Bonchev–Trinajstić information content (AvgIpc) is 2.69. The van der Waals surface area contributed by atoms with Gasteiger partial charge in [-0.15, -0.1) is 0 Å². The molecule has 2 aromatic rings. The van der Waals surface area contributed by atoms with Crippen LogP contribution in [0.15, 0.2) is 24.5 Å². The summed E-state index contributed by atoms with van der Waals surface area (Å²) in [5.41, 5.74) is 3.13. The second-order valence-electron chi connectivity index (χ2n) is 4.09. The second kappa shape index (κ2) is 4.79. The Bertz CT molecular complexity index is 550. The number of carbonyl (C=O) groups excluding carboxylic acids is 1. The van der Waals surface area contributed by atoms with Crippen LogP contribution in [0.4, 0.5) is 0 Å². The summed E-state index contributed by atoms with van der Waals surface area (Å²) >= 11 is 3.98. The summed E-state index contributed by atoms with van der Waals surface area (Å²) < 4.78 is 1.97. The fourth-order valence-corrected chi connectivity index (χ4v) is 2.00. The van der Waals surface area contributed by atoms with Crippen LogP contribution in [0, 0.1) is 0 Å². The molecule has 0 aliphatic carbocycles. The molecular weight excluding hydrogens is 234 g/mol. The fourth-order valence-electron chi connectivity index (χ4n) is 1.76. The highest BCUT2D eigenvalue weighted by atomic mass is 32.1. The van der Waals surface area contributed by atoms with Crippen LogP contribution in [0.5, 0.6) is 0 Å². The molecule has 0 fully saturated rings. The van der Waals surface area contributed by atoms with Crippen LogP contribution in [0.25, 0.3) is 11.0 Å². The first-order valence-corrected chi connectivity index (χ1v) is 6.00. The van der Waals surface area contributed by atoms with Crippen LogP contribution in [0.3, 0.4) is 0 Å². The van der Waals surface area contributed by atoms with Crippen LogP contribution in [0.2, 0.25) is 0 Å². The summed E-state index contributed by atoms with van der Waals surface area (Å²) in [5.74, 6) is 0.261. The maximum atomic E-state index is 11.4. The number of imidazole rings is 1. The Hall–Kier alpha value is -1.49. The number of amides is 1. The predicted octanol–water partition coefficient (Wildman–Crippen LogP) is 1.46. The topological polar surface area (TPSA) is 38.1 Å². The summed E-state index contributed by atoms with van der Waals surface area (Å²) in [7, 11) is 3.74. The van der Waals surface area contributed by atoms with Gasteiger partial charge in [0.1, 0.15) is 0 Å². The van der Waals surface area contributed by atoms with E-state index in [1.165, 1.54) is 0 Å². The lowest BCUT2D eigenvalue weighted by molar-refractivity contribution is -0.127. The molecule has 0 atom stereocenters. The van der Waals surface area contributed by atoms with Crippen LogP contribution >= 0.6 is 12.6 Å². The Morgan fingerprint density at radius 1 is 1.53 bits per heavy atom. The van der Waals surface area contributed by atoms with Crippen molar-refractivity contribution in [2.24, 2.45) is 7.05 Å². The summed E-state index contributed by atoms with van der Waals surface area (Å²) in [6.45, 7) is 0.589. The molecule has 5 heteroatoms. The third-order valence-corrected chi connectivity index (χ3v) is 3.04. The zero-order valence-electron chi connectivity index (χ0n) is 9.92. The molecule has 0 N–H and O–H groups in total. The Labute approximate surface area is 106 Å². The summed E-state index contributed by atoms with van der Waals surface area (Å²) in [4.78, 5) is 17.4. The number of nitrogens with zero attached hydrogens (tertiary/aromatic N) is 3. The largest absolute Gasteiger partial charge is 0.341 e. The normalized spacial score (nSPS) is 10.8. The zero-order chi connectivity index (χ0) is 12.4. The maximum Gasteiger partial charge on any atom is 0.232 e. The van der Waals surface area contributed by atoms with E-state index in [0.717, 1.165) is 16.6 Å². The van der Waals surface area contributed by atoms with Gasteiger partial charge in [-0.25, -0.2) is 4.98 Å². The second-order valence-corrected chi connectivity index (χ2v) is 4.40. The molecule has 1 heterocycles. The summed E-state index contributed by atoms with van der Waals surface area (Å²) in [6.07, 6.45) is 1.79. The van der Waals surface area contributed by atoms with E-state index < -0.39 is 0 Å². The van der Waals surface area contributed by atoms with Gasteiger partial charge < -0.3 is 9.47 Å². The van der Waals surface area contributed by atoms with Gasteiger partial charge in [-0.1, -0.05) is 6.07 Å². The lowest BCUT2D eigenvalue weighted by Crippen LogP contribution is -2.27. The number of thiol groups is 1. The first-order valence-electron chi connectivity index (χ1n) is 5.36. The molecule has 2 rings (SSSR count). The van der Waals surface area contributed by atoms with E-state index in [1.54, 1.807) is 18.3 Å². The van der Waals surface area contributed by atoms with Gasteiger partial charge in [0, 0.05) is 20.6 Å². The highest BCUT2D eigenvalue weighted by molar-refractivity contribution is 7.81. The molecule has 1 amide bonds. The molecule has 0 bridgehead atoms. The van der Waals surface area contributed by atoms with Gasteiger partial charge >= 0.3 is 0 Å². The number of fused-ring (bicyclic) bond motifs is 1. The minimum absolute atomic E-state index is 0.0226. The molecule has 90 valence electrons. The van der Waals surface area contributed by atoms with E-state index in [2.05, 4.69) is 17.6 Å². The molecule has 0 saturated carbocycles. The van der Waals surface area contributed by atoms with Crippen molar-refractivity contribution in [1.82, 2.24) is 14.5 Å². The number of benzene rings is 1. The smallest absolute Gasteiger partial charge is 0.232 e. The number of rotatable bonds is 3. The number of hydrogen-bond donors (Lipinski definition) is 1. The maximum absolute atomic E-state index is 11.4. The SMILES string of the molecule is CN(Cc1ccc2c(c1)ncn2C)C(=O)CS. The molecule has 1 aromatic carbocycles. The molecule has 0 unspecified atom stereocenters. The van der Waals surface area contributed by atoms with Crippen molar-refractivity contribution < 1.29 is 4.79 Å². The number of aryl methyl sites for hydroxylation is 1. The molecule has 4 nitrogen and oxygen atoms in total. The lowest BCUT2D eigenvalue weighted by atomic mass is 10.2. The Kier molecular flexibility index (Phi) is 3.38. The van der Waals surface area contributed by atoms with Crippen molar-refractivity contribution in [2.75, 3.05) is 12.8 Å². The molecule has 0 saturated heterocycles. The van der Waals surface area contributed by atoms with Gasteiger partial charge in [-0.05, 0) is 17.7 Å². The van der Waals surface area contributed by atoms with E-state index in [9.17, 15) is 4.79 Å². The minimum Gasteiger partial charge on any atom is -0.341 e. The van der Waals surface area contributed by atoms with Crippen molar-refractivity contribution >= 4 is 29.6 Å². The van der Waals surface area contributed by atoms with Crippen LogP contribution in [-0.2, 0) is 18.4 Å². The van der Waals surface area contributed by atoms with Gasteiger partial charge in [-0.2, -0.15) is 12.6 Å². The molecule has 0 radical (unpaired) electrons. The molecular formula is C12H15N3OS. The van der Waals surface area contributed by atoms with Crippen LogP contribution < -0.4 is 0 Å². The van der Waals surface area contributed by atoms with Crippen molar-refractivity contribution in [3.05, 3.63) is 30.1 Å². The quantitative estimate of drug-likeness (QED) is 0.836. The van der Waals surface area contributed by atoms with Gasteiger partial charge in [0.05, 0.1) is 23.1 Å². The van der Waals surface area contributed by atoms with Crippen LogP contribution in [-0.4, -0.2) is 33.2 Å². The highest BCUT2D eigenvalue weighted by Crippen LogP contribution is 2.15. The zero-order valence-corrected chi connectivity index (χ0v) is 10.8. The number of hydrogen-bond acceptors (Lipinski definition) is 3. The predicted molar refractivity (Wildman–Crippen MR) is 71.0 cm³/mol. The van der Waals surface area contributed by atoms with Crippen LogP contribution in [0.1, 0.15) is 5.56 Å². The number of carbonyl (C=O) groups is 1. The van der Waals surface area contributed by atoms with E-state index in [0.29, 0.717) is 6.54 Å². The molecule has 0 aliphatic heterocycles. The van der Waals surface area contributed by atoms with E-state index in [1.807, 2.05) is 29.8 Å². The standard InChI is InChI=1S/C12H15N3OS/c1-14(12(16)7-17)6-9-3-4-11-10(5-9)13-8-15(11)2/h3-5,8,17H,6-7H2,1-2H3. The monoisotopic (exact) mass is 249 g/mol. The van der Waals surface area contributed by atoms with Crippen molar-refractivity contribution in [1.29, 1.82) is 0 Å². The van der Waals surface area contributed by atoms with E-state index >= 15 is 0 Å². The first kappa shape index (κ1) is 12.0. The molecule has 17 heavy (non-hydrogen) atoms. The molecule has 0 spiro atoms. The van der Waals surface area contributed by atoms with Crippen molar-refractivity contribution in [2.45, 2.75) is 6.54 Å². The molecule has 1 aromatic heterocycles. The lowest BCUT2D eigenvalue weighted by Gasteiger charge is -2.15. The van der Waals surface area contributed by atoms with Gasteiger partial charge in [0.25, 0.3) is 0 Å². The Morgan fingerprint density at radius 2 is 2.29 bits per heavy atom. The first-order chi connectivity index (χ1) is 8.11.